The van der Waals surface area contributed by atoms with E-state index in [0.717, 1.165) is 12.2 Å². The maximum Gasteiger partial charge on any atom is 0.123 e. The number of ether oxygens (including phenoxy) is 1. The van der Waals surface area contributed by atoms with Gasteiger partial charge in [0.15, 0.2) is 0 Å². The summed E-state index contributed by atoms with van der Waals surface area (Å²) in [4.78, 5) is 0. The second-order valence-electron chi connectivity index (χ2n) is 5.70. The van der Waals surface area contributed by atoms with Gasteiger partial charge in [0, 0.05) is 17.9 Å². The monoisotopic (exact) mass is 249 g/mol. The van der Waals surface area contributed by atoms with Crippen molar-refractivity contribution >= 4 is 0 Å². The highest BCUT2D eigenvalue weighted by Gasteiger charge is 2.54. The molecule has 2 saturated carbocycles. The van der Waals surface area contributed by atoms with E-state index in [0.29, 0.717) is 0 Å². The van der Waals surface area contributed by atoms with E-state index in [9.17, 15) is 4.39 Å². The first-order chi connectivity index (χ1) is 8.71. The molecule has 0 radical (unpaired) electrons. The van der Waals surface area contributed by atoms with Gasteiger partial charge in [-0.25, -0.2) is 4.39 Å². The molecule has 2 aliphatic rings. The molecular weight excluding hydrogens is 229 g/mol. The van der Waals surface area contributed by atoms with E-state index in [1.165, 1.54) is 44.2 Å². The van der Waals surface area contributed by atoms with Gasteiger partial charge in [0.05, 0.1) is 0 Å². The van der Waals surface area contributed by atoms with E-state index in [-0.39, 0.29) is 23.4 Å². The Morgan fingerprint density at radius 1 is 1.11 bits per heavy atom. The van der Waals surface area contributed by atoms with Crippen molar-refractivity contribution in [3.63, 3.8) is 0 Å². The van der Waals surface area contributed by atoms with Gasteiger partial charge in [0.25, 0.3) is 0 Å². The average molecular weight is 249 g/mol. The number of hydrogen-bond acceptors (Lipinski definition) is 2. The second-order valence-corrected chi connectivity index (χ2v) is 5.70. The highest BCUT2D eigenvalue weighted by atomic mass is 19.1. The fourth-order valence-electron chi connectivity index (χ4n) is 3.52. The predicted molar refractivity (Wildman–Crippen MR) is 68.9 cm³/mol. The Hall–Kier alpha value is -1.09. The molecule has 0 aliphatic heterocycles. The molecule has 1 aromatic carbocycles. The third-order valence-corrected chi connectivity index (χ3v) is 4.72. The molecule has 2 fully saturated rings. The fourth-order valence-corrected chi connectivity index (χ4v) is 3.52. The molecule has 3 heteroatoms. The van der Waals surface area contributed by atoms with Crippen LogP contribution in [0, 0.1) is 11.2 Å². The lowest BCUT2D eigenvalue weighted by atomic mass is 9.55. The van der Waals surface area contributed by atoms with Crippen LogP contribution in [-0.2, 0) is 0 Å². The number of halogens is 1. The molecule has 0 heterocycles. The molecule has 0 aromatic heterocycles. The maximum absolute atomic E-state index is 12.9. The highest BCUT2D eigenvalue weighted by Crippen LogP contribution is 2.52. The SMILES string of the molecule is NC1CC(Oc2ccc(F)cc2)C12CCCCC2. The van der Waals surface area contributed by atoms with Crippen LogP contribution in [0.5, 0.6) is 5.75 Å². The Morgan fingerprint density at radius 2 is 1.78 bits per heavy atom. The van der Waals surface area contributed by atoms with Crippen molar-refractivity contribution in [2.24, 2.45) is 11.1 Å². The van der Waals surface area contributed by atoms with Crippen molar-refractivity contribution in [3.8, 4) is 5.75 Å². The summed E-state index contributed by atoms with van der Waals surface area (Å²) in [6, 6.07) is 6.58. The van der Waals surface area contributed by atoms with E-state index in [2.05, 4.69) is 0 Å². The van der Waals surface area contributed by atoms with Crippen molar-refractivity contribution in [2.75, 3.05) is 0 Å². The third kappa shape index (κ3) is 1.91. The molecule has 0 saturated heterocycles. The van der Waals surface area contributed by atoms with Crippen LogP contribution in [0.3, 0.4) is 0 Å². The number of benzene rings is 1. The molecular formula is C15H20FNO. The largest absolute Gasteiger partial charge is 0.490 e. The zero-order chi connectivity index (χ0) is 12.6. The first kappa shape index (κ1) is 12.0. The summed E-state index contributed by atoms with van der Waals surface area (Å²) >= 11 is 0. The van der Waals surface area contributed by atoms with E-state index in [4.69, 9.17) is 10.5 Å². The quantitative estimate of drug-likeness (QED) is 0.873. The van der Waals surface area contributed by atoms with Gasteiger partial charge in [-0.1, -0.05) is 19.3 Å². The molecule has 1 spiro atoms. The van der Waals surface area contributed by atoms with Gasteiger partial charge < -0.3 is 10.5 Å². The number of nitrogens with two attached hydrogens (primary N) is 1. The predicted octanol–water partition coefficient (Wildman–Crippen LogP) is 3.25. The van der Waals surface area contributed by atoms with Gasteiger partial charge in [0.2, 0.25) is 0 Å². The Balaban J connectivity index is 1.71. The van der Waals surface area contributed by atoms with Crippen LogP contribution in [0.2, 0.25) is 0 Å². The normalized spacial score (nSPS) is 29.9. The Kier molecular flexibility index (Phi) is 3.02. The molecule has 2 nitrogen and oxygen atoms in total. The third-order valence-electron chi connectivity index (χ3n) is 4.72. The van der Waals surface area contributed by atoms with E-state index >= 15 is 0 Å². The summed E-state index contributed by atoms with van der Waals surface area (Å²) < 4.78 is 18.9. The van der Waals surface area contributed by atoms with Crippen molar-refractivity contribution < 1.29 is 9.13 Å². The van der Waals surface area contributed by atoms with Gasteiger partial charge in [-0.3, -0.25) is 0 Å². The summed E-state index contributed by atoms with van der Waals surface area (Å²) in [6.45, 7) is 0. The summed E-state index contributed by atoms with van der Waals surface area (Å²) in [5.41, 5.74) is 6.40. The number of hydrogen-bond donors (Lipinski definition) is 1. The lowest BCUT2D eigenvalue weighted by Crippen LogP contribution is -2.64. The van der Waals surface area contributed by atoms with Crippen LogP contribution in [0.1, 0.15) is 38.5 Å². The molecule has 1 aromatic rings. The van der Waals surface area contributed by atoms with Gasteiger partial charge in [-0.05, 0) is 37.1 Å². The van der Waals surface area contributed by atoms with Gasteiger partial charge >= 0.3 is 0 Å². The van der Waals surface area contributed by atoms with Crippen molar-refractivity contribution in [1.29, 1.82) is 0 Å². The molecule has 0 amide bonds. The fraction of sp³-hybridized carbons (Fsp3) is 0.600. The van der Waals surface area contributed by atoms with Crippen LogP contribution in [0.15, 0.2) is 24.3 Å². The molecule has 0 bridgehead atoms. The van der Waals surface area contributed by atoms with Crippen LogP contribution in [0.25, 0.3) is 0 Å². The molecule has 2 N–H and O–H groups in total. The van der Waals surface area contributed by atoms with Gasteiger partial charge in [-0.2, -0.15) is 0 Å². The second kappa shape index (κ2) is 4.54. The van der Waals surface area contributed by atoms with Crippen LogP contribution in [-0.4, -0.2) is 12.1 Å². The lowest BCUT2D eigenvalue weighted by molar-refractivity contribution is -0.0898. The summed E-state index contributed by atoms with van der Waals surface area (Å²) in [7, 11) is 0. The minimum Gasteiger partial charge on any atom is -0.490 e. The Labute approximate surface area is 107 Å². The Bertz CT molecular complexity index is 411. The van der Waals surface area contributed by atoms with Crippen LogP contribution in [0.4, 0.5) is 4.39 Å². The average Bonchev–Trinajstić information content (AvgIpc) is 2.42. The van der Waals surface area contributed by atoms with Crippen molar-refractivity contribution in [3.05, 3.63) is 30.1 Å². The topological polar surface area (TPSA) is 35.2 Å². The van der Waals surface area contributed by atoms with Crippen molar-refractivity contribution in [2.45, 2.75) is 50.7 Å². The summed E-state index contributed by atoms with van der Waals surface area (Å²) in [5.74, 6) is 0.540. The minimum atomic E-state index is -0.222. The molecule has 2 unspecified atom stereocenters. The van der Waals surface area contributed by atoms with Crippen LogP contribution >= 0.6 is 0 Å². The minimum absolute atomic E-state index is 0.187. The summed E-state index contributed by atoms with van der Waals surface area (Å²) in [6.07, 6.45) is 7.35. The smallest absolute Gasteiger partial charge is 0.123 e. The highest BCUT2D eigenvalue weighted by molar-refractivity contribution is 5.24. The molecule has 2 aliphatic carbocycles. The van der Waals surface area contributed by atoms with E-state index in [1.54, 1.807) is 12.1 Å². The summed E-state index contributed by atoms with van der Waals surface area (Å²) in [5, 5.41) is 0. The van der Waals surface area contributed by atoms with Crippen LogP contribution < -0.4 is 10.5 Å². The van der Waals surface area contributed by atoms with E-state index < -0.39 is 0 Å². The molecule has 98 valence electrons. The first-order valence-electron chi connectivity index (χ1n) is 6.88. The lowest BCUT2D eigenvalue weighted by Gasteiger charge is -2.56. The van der Waals surface area contributed by atoms with Gasteiger partial charge in [0.1, 0.15) is 17.7 Å². The number of rotatable bonds is 2. The zero-order valence-corrected chi connectivity index (χ0v) is 10.6. The molecule has 2 atom stereocenters. The molecule has 18 heavy (non-hydrogen) atoms. The standard InChI is InChI=1S/C15H20FNO/c16-11-4-6-12(7-5-11)18-14-10-13(17)15(14)8-2-1-3-9-15/h4-7,13-14H,1-3,8-10,17H2. The van der Waals surface area contributed by atoms with Gasteiger partial charge in [-0.15, -0.1) is 0 Å². The maximum atomic E-state index is 12.9. The molecule has 3 rings (SSSR count). The first-order valence-corrected chi connectivity index (χ1v) is 6.88. The Morgan fingerprint density at radius 3 is 2.39 bits per heavy atom. The van der Waals surface area contributed by atoms with E-state index in [1.807, 2.05) is 0 Å². The zero-order valence-electron chi connectivity index (χ0n) is 10.6. The van der Waals surface area contributed by atoms with Crippen molar-refractivity contribution in [1.82, 2.24) is 0 Å².